The molecule has 0 heterocycles. The molecule has 0 radical (unpaired) electrons. The lowest BCUT2D eigenvalue weighted by atomic mass is 9.81. The Morgan fingerprint density at radius 3 is 2.65 bits per heavy atom. The molecule has 20 heavy (non-hydrogen) atoms. The Kier molecular flexibility index (Phi) is 4.97. The van der Waals surface area contributed by atoms with E-state index in [4.69, 9.17) is 0 Å². The molecular weight excluding hydrogens is 272 g/mol. The van der Waals surface area contributed by atoms with Gasteiger partial charge in [0.1, 0.15) is 15.6 Å². The van der Waals surface area contributed by atoms with Gasteiger partial charge in [-0.3, -0.25) is 4.79 Å². The largest absolute Gasteiger partial charge is 0.299 e. The van der Waals surface area contributed by atoms with Gasteiger partial charge in [0, 0.05) is 18.1 Å². The van der Waals surface area contributed by atoms with Gasteiger partial charge < -0.3 is 0 Å². The Balaban J connectivity index is 1.86. The second-order valence-corrected chi connectivity index (χ2v) is 7.99. The summed E-state index contributed by atoms with van der Waals surface area (Å²) < 4.78 is 22.8. The van der Waals surface area contributed by atoms with Crippen LogP contribution in [-0.4, -0.2) is 25.7 Å². The number of carbonyl (C=O) groups is 1. The molecule has 0 spiro atoms. The van der Waals surface area contributed by atoms with Gasteiger partial charge in [-0.2, -0.15) is 0 Å². The van der Waals surface area contributed by atoms with Crippen molar-refractivity contribution in [1.29, 1.82) is 0 Å². The molecule has 1 aromatic rings. The highest BCUT2D eigenvalue weighted by Gasteiger charge is 2.24. The van der Waals surface area contributed by atoms with E-state index in [1.54, 1.807) is 6.92 Å². The molecule has 1 aliphatic carbocycles. The first-order chi connectivity index (χ1) is 9.52. The standard InChI is InChI=1S/C16H22O3S/c1-2-20(18,19)11-5-8-16(17)15-10-9-13-6-3-4-7-14(13)12-15/h3-4,6-7,15H,2,5,8-12H2,1H3. The van der Waals surface area contributed by atoms with E-state index in [0.29, 0.717) is 12.8 Å². The van der Waals surface area contributed by atoms with Crippen molar-refractivity contribution in [2.75, 3.05) is 11.5 Å². The monoisotopic (exact) mass is 294 g/mol. The average Bonchev–Trinajstić information content (AvgIpc) is 2.46. The molecule has 0 bridgehead atoms. The summed E-state index contributed by atoms with van der Waals surface area (Å²) in [5.74, 6) is 0.608. The van der Waals surface area contributed by atoms with Crippen molar-refractivity contribution < 1.29 is 13.2 Å². The number of fused-ring (bicyclic) bond motifs is 1. The fraction of sp³-hybridized carbons (Fsp3) is 0.562. The van der Waals surface area contributed by atoms with E-state index in [9.17, 15) is 13.2 Å². The van der Waals surface area contributed by atoms with Crippen molar-refractivity contribution in [3.8, 4) is 0 Å². The van der Waals surface area contributed by atoms with Gasteiger partial charge in [0.05, 0.1) is 5.75 Å². The SMILES string of the molecule is CCS(=O)(=O)CCCC(=O)C1CCc2ccccc2C1. The lowest BCUT2D eigenvalue weighted by Crippen LogP contribution is -2.23. The summed E-state index contributed by atoms with van der Waals surface area (Å²) in [4.78, 5) is 12.2. The number of ketones is 1. The van der Waals surface area contributed by atoms with Crippen LogP contribution in [0.4, 0.5) is 0 Å². The summed E-state index contributed by atoms with van der Waals surface area (Å²) in [6.45, 7) is 1.65. The van der Waals surface area contributed by atoms with Crippen LogP contribution in [0, 0.1) is 5.92 Å². The predicted molar refractivity (Wildman–Crippen MR) is 80.5 cm³/mol. The third-order valence-electron chi connectivity index (χ3n) is 4.12. The van der Waals surface area contributed by atoms with Crippen LogP contribution in [0.5, 0.6) is 0 Å². The highest BCUT2D eigenvalue weighted by molar-refractivity contribution is 7.91. The molecule has 110 valence electrons. The fourth-order valence-electron chi connectivity index (χ4n) is 2.79. The third-order valence-corrected chi connectivity index (χ3v) is 5.91. The summed E-state index contributed by atoms with van der Waals surface area (Å²) in [6.07, 6.45) is 3.53. The molecule has 1 aromatic carbocycles. The Labute approximate surface area is 121 Å². The molecule has 0 aliphatic heterocycles. The number of Topliss-reactive ketones (excluding diaryl/α,β-unsaturated/α-hetero) is 1. The zero-order valence-corrected chi connectivity index (χ0v) is 12.8. The van der Waals surface area contributed by atoms with Crippen LogP contribution in [0.15, 0.2) is 24.3 Å². The molecule has 2 rings (SSSR count). The molecule has 4 heteroatoms. The van der Waals surface area contributed by atoms with Gasteiger partial charge in [0.2, 0.25) is 0 Å². The Hall–Kier alpha value is -1.16. The van der Waals surface area contributed by atoms with Crippen molar-refractivity contribution in [2.45, 2.75) is 39.0 Å². The molecule has 0 amide bonds. The van der Waals surface area contributed by atoms with Gasteiger partial charge in [-0.1, -0.05) is 31.2 Å². The summed E-state index contributed by atoms with van der Waals surface area (Å²) in [7, 11) is -2.95. The summed E-state index contributed by atoms with van der Waals surface area (Å²) in [5.41, 5.74) is 2.63. The van der Waals surface area contributed by atoms with Crippen LogP contribution in [0.1, 0.15) is 37.3 Å². The van der Waals surface area contributed by atoms with Crippen molar-refractivity contribution in [3.05, 3.63) is 35.4 Å². The van der Waals surface area contributed by atoms with Gasteiger partial charge >= 0.3 is 0 Å². The van der Waals surface area contributed by atoms with Crippen molar-refractivity contribution in [3.63, 3.8) is 0 Å². The number of hydrogen-bond acceptors (Lipinski definition) is 3. The number of sulfone groups is 1. The van der Waals surface area contributed by atoms with Crippen molar-refractivity contribution in [1.82, 2.24) is 0 Å². The van der Waals surface area contributed by atoms with Gasteiger partial charge in [-0.25, -0.2) is 8.42 Å². The van der Waals surface area contributed by atoms with E-state index in [2.05, 4.69) is 12.1 Å². The summed E-state index contributed by atoms with van der Waals surface area (Å²) >= 11 is 0. The van der Waals surface area contributed by atoms with Crippen molar-refractivity contribution >= 4 is 15.6 Å². The maximum absolute atomic E-state index is 12.2. The van der Waals surface area contributed by atoms with E-state index in [-0.39, 0.29) is 23.2 Å². The number of rotatable bonds is 6. The van der Waals surface area contributed by atoms with E-state index in [1.165, 1.54) is 11.1 Å². The second-order valence-electron chi connectivity index (χ2n) is 5.51. The minimum atomic E-state index is -2.95. The molecule has 0 saturated heterocycles. The molecule has 1 atom stereocenters. The van der Waals surface area contributed by atoms with E-state index < -0.39 is 9.84 Å². The topological polar surface area (TPSA) is 51.2 Å². The quantitative estimate of drug-likeness (QED) is 0.810. The molecule has 0 N–H and O–H groups in total. The van der Waals surface area contributed by atoms with Crippen LogP contribution >= 0.6 is 0 Å². The lowest BCUT2D eigenvalue weighted by molar-refractivity contribution is -0.123. The number of carbonyl (C=O) groups excluding carboxylic acids is 1. The fourth-order valence-corrected chi connectivity index (χ4v) is 3.66. The number of hydrogen-bond donors (Lipinski definition) is 0. The average molecular weight is 294 g/mol. The van der Waals surface area contributed by atoms with Crippen LogP contribution < -0.4 is 0 Å². The Morgan fingerprint density at radius 2 is 1.95 bits per heavy atom. The highest BCUT2D eigenvalue weighted by Crippen LogP contribution is 2.26. The maximum Gasteiger partial charge on any atom is 0.150 e. The van der Waals surface area contributed by atoms with Gasteiger partial charge in [0.25, 0.3) is 0 Å². The maximum atomic E-state index is 12.2. The third kappa shape index (κ3) is 3.92. The molecule has 1 unspecified atom stereocenters. The lowest BCUT2D eigenvalue weighted by Gasteiger charge is -2.23. The van der Waals surface area contributed by atoms with E-state index >= 15 is 0 Å². The van der Waals surface area contributed by atoms with Crippen LogP contribution in [-0.2, 0) is 27.5 Å². The zero-order chi connectivity index (χ0) is 14.6. The summed E-state index contributed by atoms with van der Waals surface area (Å²) in [5, 5.41) is 0. The number of aryl methyl sites for hydroxylation is 1. The zero-order valence-electron chi connectivity index (χ0n) is 12.0. The molecule has 0 saturated carbocycles. The Bertz CT molecular complexity index is 575. The van der Waals surface area contributed by atoms with Gasteiger partial charge in [-0.15, -0.1) is 0 Å². The first-order valence-electron chi connectivity index (χ1n) is 7.32. The first-order valence-corrected chi connectivity index (χ1v) is 9.14. The van der Waals surface area contributed by atoms with Crippen LogP contribution in [0.3, 0.4) is 0 Å². The minimum absolute atomic E-state index is 0.0780. The smallest absolute Gasteiger partial charge is 0.150 e. The highest BCUT2D eigenvalue weighted by atomic mass is 32.2. The predicted octanol–water partition coefficient (Wildman–Crippen LogP) is 2.58. The molecular formula is C16H22O3S. The summed E-state index contributed by atoms with van der Waals surface area (Å²) in [6, 6.07) is 8.27. The van der Waals surface area contributed by atoms with Crippen LogP contribution in [0.25, 0.3) is 0 Å². The van der Waals surface area contributed by atoms with E-state index in [0.717, 1.165) is 19.3 Å². The van der Waals surface area contributed by atoms with Crippen LogP contribution in [0.2, 0.25) is 0 Å². The van der Waals surface area contributed by atoms with E-state index in [1.807, 2.05) is 12.1 Å². The normalized spacial score (nSPS) is 18.6. The van der Waals surface area contributed by atoms with Gasteiger partial charge in [-0.05, 0) is 36.8 Å². The Morgan fingerprint density at radius 1 is 1.25 bits per heavy atom. The minimum Gasteiger partial charge on any atom is -0.299 e. The molecule has 0 aromatic heterocycles. The second kappa shape index (κ2) is 6.53. The molecule has 3 nitrogen and oxygen atoms in total. The molecule has 1 aliphatic rings. The van der Waals surface area contributed by atoms with Gasteiger partial charge in [0.15, 0.2) is 0 Å². The van der Waals surface area contributed by atoms with Crippen molar-refractivity contribution in [2.24, 2.45) is 5.92 Å². The number of benzene rings is 1. The first kappa shape index (κ1) is 15.2. The molecule has 0 fully saturated rings.